The lowest BCUT2D eigenvalue weighted by molar-refractivity contribution is -0.150. The normalized spacial score (nSPS) is 22.6. The van der Waals surface area contributed by atoms with Crippen molar-refractivity contribution >= 4 is 11.8 Å². The number of carbonyl (C=O) groups is 2. The molecule has 2 atom stereocenters. The van der Waals surface area contributed by atoms with Crippen molar-refractivity contribution in [2.24, 2.45) is 11.8 Å². The fourth-order valence-corrected chi connectivity index (χ4v) is 2.50. The molecule has 0 spiro atoms. The van der Waals surface area contributed by atoms with E-state index < -0.39 is 0 Å². The Labute approximate surface area is 110 Å². The van der Waals surface area contributed by atoms with E-state index in [0.29, 0.717) is 5.92 Å². The molecule has 1 fully saturated rings. The van der Waals surface area contributed by atoms with Gasteiger partial charge in [0.25, 0.3) is 0 Å². The monoisotopic (exact) mass is 254 g/mol. The average Bonchev–Trinajstić information content (AvgIpc) is 2.28. The van der Waals surface area contributed by atoms with Gasteiger partial charge in [0, 0.05) is 6.04 Å². The van der Waals surface area contributed by atoms with Gasteiger partial charge in [-0.05, 0) is 31.6 Å². The van der Waals surface area contributed by atoms with Gasteiger partial charge in [0.05, 0.1) is 6.54 Å². The maximum absolute atomic E-state index is 12.1. The van der Waals surface area contributed by atoms with Crippen LogP contribution in [0.1, 0.15) is 47.5 Å². The van der Waals surface area contributed by atoms with Crippen LogP contribution >= 0.6 is 0 Å². The first-order chi connectivity index (χ1) is 8.34. The van der Waals surface area contributed by atoms with Gasteiger partial charge in [0.2, 0.25) is 11.8 Å². The van der Waals surface area contributed by atoms with Gasteiger partial charge in [-0.25, -0.2) is 0 Å². The summed E-state index contributed by atoms with van der Waals surface area (Å²) in [4.78, 5) is 25.8. The summed E-state index contributed by atoms with van der Waals surface area (Å²) >= 11 is 0. The number of rotatable bonds is 5. The van der Waals surface area contributed by atoms with Gasteiger partial charge in [-0.15, -0.1) is 0 Å². The Morgan fingerprint density at radius 3 is 2.28 bits per heavy atom. The molecule has 0 aliphatic carbocycles. The minimum absolute atomic E-state index is 0.0130. The Hall–Kier alpha value is -1.06. The number of carbonyl (C=O) groups excluding carboxylic acids is 2. The second kappa shape index (κ2) is 6.21. The molecule has 104 valence electrons. The van der Waals surface area contributed by atoms with Crippen molar-refractivity contribution in [3.05, 3.63) is 0 Å². The third-order valence-corrected chi connectivity index (χ3v) is 3.54. The van der Waals surface area contributed by atoms with E-state index in [0.717, 1.165) is 12.8 Å². The van der Waals surface area contributed by atoms with E-state index in [1.807, 2.05) is 20.8 Å². The zero-order chi connectivity index (χ0) is 13.9. The SMILES string of the molecule is CC(C)CCC(C)N1C(=O)CNC(=O)C1C(C)C. The van der Waals surface area contributed by atoms with E-state index in [2.05, 4.69) is 19.2 Å². The van der Waals surface area contributed by atoms with E-state index in [1.54, 1.807) is 4.90 Å². The van der Waals surface area contributed by atoms with E-state index >= 15 is 0 Å². The van der Waals surface area contributed by atoms with Crippen molar-refractivity contribution < 1.29 is 9.59 Å². The number of hydrogen-bond acceptors (Lipinski definition) is 2. The quantitative estimate of drug-likeness (QED) is 0.813. The fraction of sp³-hybridized carbons (Fsp3) is 0.857. The lowest BCUT2D eigenvalue weighted by atomic mass is 9.95. The Morgan fingerprint density at radius 2 is 1.78 bits per heavy atom. The molecule has 0 aromatic carbocycles. The summed E-state index contributed by atoms with van der Waals surface area (Å²) < 4.78 is 0. The highest BCUT2D eigenvalue weighted by Gasteiger charge is 2.38. The summed E-state index contributed by atoms with van der Waals surface area (Å²) in [5, 5.41) is 2.68. The maximum Gasteiger partial charge on any atom is 0.243 e. The Balaban J connectivity index is 2.78. The molecular formula is C14H26N2O2. The van der Waals surface area contributed by atoms with Crippen LogP contribution in [0.3, 0.4) is 0 Å². The summed E-state index contributed by atoms with van der Waals surface area (Å²) in [6.45, 7) is 10.5. The highest BCUT2D eigenvalue weighted by molar-refractivity contribution is 5.95. The largest absolute Gasteiger partial charge is 0.345 e. The lowest BCUT2D eigenvalue weighted by Crippen LogP contribution is -2.62. The van der Waals surface area contributed by atoms with Gasteiger partial charge in [0.15, 0.2) is 0 Å². The van der Waals surface area contributed by atoms with Crippen LogP contribution in [0, 0.1) is 11.8 Å². The fourth-order valence-electron chi connectivity index (χ4n) is 2.50. The van der Waals surface area contributed by atoms with Gasteiger partial charge in [-0.3, -0.25) is 9.59 Å². The van der Waals surface area contributed by atoms with Crippen LogP contribution in [-0.2, 0) is 9.59 Å². The predicted molar refractivity (Wildman–Crippen MR) is 72.0 cm³/mol. The van der Waals surface area contributed by atoms with E-state index in [-0.39, 0.29) is 36.4 Å². The molecule has 1 heterocycles. The van der Waals surface area contributed by atoms with Crippen molar-refractivity contribution in [1.29, 1.82) is 0 Å². The van der Waals surface area contributed by atoms with E-state index in [9.17, 15) is 9.59 Å². The van der Waals surface area contributed by atoms with Crippen LogP contribution in [0.2, 0.25) is 0 Å². The zero-order valence-electron chi connectivity index (χ0n) is 12.2. The predicted octanol–water partition coefficient (Wildman–Crippen LogP) is 1.79. The van der Waals surface area contributed by atoms with Crippen molar-refractivity contribution in [3.63, 3.8) is 0 Å². The Bertz CT molecular complexity index is 313. The van der Waals surface area contributed by atoms with Crippen LogP contribution < -0.4 is 5.32 Å². The molecule has 2 unspecified atom stereocenters. The van der Waals surface area contributed by atoms with Gasteiger partial charge in [-0.1, -0.05) is 27.7 Å². The van der Waals surface area contributed by atoms with Crippen LogP contribution in [-0.4, -0.2) is 35.3 Å². The molecule has 1 saturated heterocycles. The van der Waals surface area contributed by atoms with Gasteiger partial charge in [0.1, 0.15) is 6.04 Å². The molecule has 1 rings (SSSR count). The first kappa shape index (κ1) is 15.0. The molecule has 1 N–H and O–H groups in total. The van der Waals surface area contributed by atoms with Crippen molar-refractivity contribution in [2.45, 2.75) is 59.5 Å². The van der Waals surface area contributed by atoms with Crippen LogP contribution in [0.15, 0.2) is 0 Å². The number of amides is 2. The summed E-state index contributed by atoms with van der Waals surface area (Å²) in [6.07, 6.45) is 2.04. The van der Waals surface area contributed by atoms with Crippen molar-refractivity contribution in [3.8, 4) is 0 Å². The highest BCUT2D eigenvalue weighted by Crippen LogP contribution is 2.21. The van der Waals surface area contributed by atoms with Gasteiger partial charge < -0.3 is 10.2 Å². The molecule has 2 amide bonds. The standard InChI is InChI=1S/C14H26N2O2/c1-9(2)6-7-11(5)16-12(17)8-15-14(18)13(16)10(3)4/h9-11,13H,6-8H2,1-5H3,(H,15,18). The third kappa shape index (κ3) is 3.47. The molecule has 4 nitrogen and oxygen atoms in total. The highest BCUT2D eigenvalue weighted by atomic mass is 16.2. The number of hydrogen-bond donors (Lipinski definition) is 1. The third-order valence-electron chi connectivity index (χ3n) is 3.54. The molecule has 18 heavy (non-hydrogen) atoms. The summed E-state index contributed by atoms with van der Waals surface area (Å²) in [5.41, 5.74) is 0. The average molecular weight is 254 g/mol. The Kier molecular flexibility index (Phi) is 5.17. The van der Waals surface area contributed by atoms with Crippen molar-refractivity contribution in [2.75, 3.05) is 6.54 Å². The number of nitrogens with zero attached hydrogens (tertiary/aromatic N) is 1. The summed E-state index contributed by atoms with van der Waals surface area (Å²) in [6, 6.07) is -0.174. The minimum atomic E-state index is -0.312. The van der Waals surface area contributed by atoms with Crippen LogP contribution in [0.25, 0.3) is 0 Å². The zero-order valence-corrected chi connectivity index (χ0v) is 12.2. The molecule has 0 aromatic rings. The summed E-state index contributed by atoms with van der Waals surface area (Å²) in [7, 11) is 0. The van der Waals surface area contributed by atoms with Gasteiger partial charge >= 0.3 is 0 Å². The first-order valence-corrected chi connectivity index (χ1v) is 6.93. The molecule has 4 heteroatoms. The first-order valence-electron chi connectivity index (χ1n) is 6.93. The molecule has 0 radical (unpaired) electrons. The van der Waals surface area contributed by atoms with Crippen molar-refractivity contribution in [1.82, 2.24) is 10.2 Å². The molecule has 1 aliphatic heterocycles. The van der Waals surface area contributed by atoms with E-state index in [4.69, 9.17) is 0 Å². The molecule has 0 bridgehead atoms. The molecule has 1 aliphatic rings. The topological polar surface area (TPSA) is 49.4 Å². The second-order valence-corrected chi connectivity index (χ2v) is 6.03. The summed E-state index contributed by atoms with van der Waals surface area (Å²) in [5.74, 6) is 0.806. The molecule has 0 aromatic heterocycles. The number of piperazine rings is 1. The minimum Gasteiger partial charge on any atom is -0.345 e. The lowest BCUT2D eigenvalue weighted by Gasteiger charge is -2.41. The smallest absolute Gasteiger partial charge is 0.243 e. The molecule has 0 saturated carbocycles. The van der Waals surface area contributed by atoms with Crippen LogP contribution in [0.4, 0.5) is 0 Å². The Morgan fingerprint density at radius 1 is 1.17 bits per heavy atom. The van der Waals surface area contributed by atoms with Crippen LogP contribution in [0.5, 0.6) is 0 Å². The van der Waals surface area contributed by atoms with Gasteiger partial charge in [-0.2, -0.15) is 0 Å². The maximum atomic E-state index is 12.1. The van der Waals surface area contributed by atoms with E-state index in [1.165, 1.54) is 0 Å². The number of nitrogens with one attached hydrogen (secondary N) is 1. The second-order valence-electron chi connectivity index (χ2n) is 6.03. The molecular weight excluding hydrogens is 228 g/mol.